The Morgan fingerprint density at radius 1 is 0.804 bits per heavy atom. The van der Waals surface area contributed by atoms with E-state index in [-0.39, 0.29) is 32.9 Å². The molecule has 0 saturated heterocycles. The minimum atomic E-state index is -0.797. The second-order valence-corrected chi connectivity index (χ2v) is 10.8. The van der Waals surface area contributed by atoms with Crippen molar-refractivity contribution >= 4 is 18.2 Å². The summed E-state index contributed by atoms with van der Waals surface area (Å²) >= 11 is 0. The molecule has 0 bridgehead atoms. The van der Waals surface area contributed by atoms with Crippen molar-refractivity contribution in [2.45, 2.75) is 45.3 Å². The van der Waals surface area contributed by atoms with Gasteiger partial charge in [0, 0.05) is 0 Å². The third-order valence-corrected chi connectivity index (χ3v) is 6.97. The van der Waals surface area contributed by atoms with E-state index >= 15 is 0 Å². The minimum Gasteiger partial charge on any atom is -0.434 e. The Hall–Kier alpha value is -4.64. The number of aryl methyl sites for hydroxylation is 1. The van der Waals surface area contributed by atoms with Crippen LogP contribution < -0.4 is 9.62 Å². The molecule has 0 saturated carbocycles. The molecular formula is C37H44O14. The molecule has 0 fully saturated rings. The van der Waals surface area contributed by atoms with Crippen LogP contribution in [-0.4, -0.2) is 57.5 Å². The fraction of sp³-hybridized carbons (Fsp3) is 0.351. The van der Waals surface area contributed by atoms with Crippen molar-refractivity contribution < 1.29 is 68.3 Å². The Bertz CT molecular complexity index is 1460. The summed E-state index contributed by atoms with van der Waals surface area (Å²) in [5.41, 5.74) is 4.49. The summed E-state index contributed by atoms with van der Waals surface area (Å²) in [7, 11) is 0. The van der Waals surface area contributed by atoms with Crippen molar-refractivity contribution in [1.29, 1.82) is 0 Å². The molecule has 276 valence electrons. The Balaban J connectivity index is 1.38. The van der Waals surface area contributed by atoms with Gasteiger partial charge in [0.1, 0.15) is 31.7 Å². The van der Waals surface area contributed by atoms with Crippen LogP contribution >= 0.6 is 0 Å². The van der Waals surface area contributed by atoms with E-state index in [1.54, 1.807) is 42.5 Å². The Labute approximate surface area is 296 Å². The summed E-state index contributed by atoms with van der Waals surface area (Å²) in [5, 5.41) is 9.76. The Kier molecular flexibility index (Phi) is 19.6. The highest BCUT2D eigenvalue weighted by Gasteiger charge is 2.17. The molecule has 0 aliphatic carbocycles. The Morgan fingerprint density at radius 2 is 1.47 bits per heavy atom. The van der Waals surface area contributed by atoms with Gasteiger partial charge in [-0.2, -0.15) is 9.78 Å². The third kappa shape index (κ3) is 15.8. The molecule has 14 heteroatoms. The summed E-state index contributed by atoms with van der Waals surface area (Å²) in [6.45, 7) is 11.4. The van der Waals surface area contributed by atoms with E-state index < -0.39 is 12.3 Å². The van der Waals surface area contributed by atoms with Crippen molar-refractivity contribution in [1.82, 2.24) is 0 Å². The molecule has 0 amide bonds. The standard InChI is InChI=1S/C37H44O14/c1-4-19-42-43-21-6-5-20-41-37(39)49-34-16-9-30(10-17-34)26-47-51-35-18-15-33(24-28(35)2)36(50-40)32-13-11-31(12-14-32)29(3)25-46-44-22-7-8-23-45-48-27-38/h4,9-18,24,27,36,40H,1,3,5-8,19-23,25-26H2,2H3. The minimum absolute atomic E-state index is 0.135. The van der Waals surface area contributed by atoms with E-state index in [2.05, 4.69) is 22.9 Å². The summed E-state index contributed by atoms with van der Waals surface area (Å²) in [4.78, 5) is 66.6. The van der Waals surface area contributed by atoms with Crippen molar-refractivity contribution in [3.05, 3.63) is 114 Å². The topological polar surface area (TPSA) is 156 Å². The zero-order valence-electron chi connectivity index (χ0n) is 28.5. The molecule has 14 nitrogen and oxygen atoms in total. The average molecular weight is 713 g/mol. The maximum absolute atomic E-state index is 11.9. The summed E-state index contributed by atoms with van der Waals surface area (Å²) in [5.74, 6) is 0.819. The van der Waals surface area contributed by atoms with Crippen LogP contribution in [0.2, 0.25) is 0 Å². The van der Waals surface area contributed by atoms with Gasteiger partial charge in [-0.15, -0.1) is 6.58 Å². The first-order valence-electron chi connectivity index (χ1n) is 16.2. The van der Waals surface area contributed by atoms with E-state index in [1.807, 2.05) is 37.3 Å². The molecule has 1 unspecified atom stereocenters. The molecule has 51 heavy (non-hydrogen) atoms. The van der Waals surface area contributed by atoms with E-state index in [4.69, 9.17) is 43.7 Å². The second-order valence-electron chi connectivity index (χ2n) is 10.8. The zero-order valence-corrected chi connectivity index (χ0v) is 28.5. The van der Waals surface area contributed by atoms with Crippen LogP contribution in [-0.2, 0) is 55.2 Å². The fourth-order valence-electron chi connectivity index (χ4n) is 4.30. The lowest BCUT2D eigenvalue weighted by atomic mass is 9.97. The van der Waals surface area contributed by atoms with Crippen LogP contribution in [0.3, 0.4) is 0 Å². The van der Waals surface area contributed by atoms with Crippen LogP contribution in [0.1, 0.15) is 59.6 Å². The number of carbonyl (C=O) groups excluding carboxylic acids is 2. The number of hydrogen-bond donors (Lipinski definition) is 1. The molecule has 0 heterocycles. The third-order valence-electron chi connectivity index (χ3n) is 6.97. The van der Waals surface area contributed by atoms with E-state index in [9.17, 15) is 14.8 Å². The van der Waals surface area contributed by atoms with E-state index in [0.29, 0.717) is 73.7 Å². The van der Waals surface area contributed by atoms with Gasteiger partial charge >= 0.3 is 12.6 Å². The van der Waals surface area contributed by atoms with Gasteiger partial charge in [-0.05, 0) is 90.3 Å². The van der Waals surface area contributed by atoms with Gasteiger partial charge in [-0.25, -0.2) is 29.2 Å². The predicted molar refractivity (Wildman–Crippen MR) is 182 cm³/mol. The molecule has 0 spiro atoms. The zero-order chi connectivity index (χ0) is 36.5. The van der Waals surface area contributed by atoms with Crippen molar-refractivity contribution in [3.8, 4) is 11.5 Å². The quantitative estimate of drug-likeness (QED) is 0.0159. The van der Waals surface area contributed by atoms with Crippen molar-refractivity contribution in [3.63, 3.8) is 0 Å². The normalized spacial score (nSPS) is 11.4. The highest BCUT2D eigenvalue weighted by Crippen LogP contribution is 2.30. The maximum atomic E-state index is 11.9. The molecule has 0 aliphatic rings. The molecular weight excluding hydrogens is 668 g/mol. The highest BCUT2D eigenvalue weighted by molar-refractivity contribution is 5.64. The number of carbonyl (C=O) groups is 2. The van der Waals surface area contributed by atoms with Gasteiger partial charge in [0.2, 0.25) is 0 Å². The molecule has 0 radical (unpaired) electrons. The number of hydrogen-bond acceptors (Lipinski definition) is 14. The molecule has 3 rings (SSSR count). The van der Waals surface area contributed by atoms with Crippen molar-refractivity contribution in [2.75, 3.05) is 39.6 Å². The molecule has 1 atom stereocenters. The van der Waals surface area contributed by atoms with Crippen LogP contribution in [0, 0.1) is 6.92 Å². The molecule has 3 aromatic rings. The van der Waals surface area contributed by atoms with Crippen LogP contribution in [0.25, 0.3) is 5.57 Å². The van der Waals surface area contributed by atoms with E-state index in [1.165, 1.54) is 0 Å². The van der Waals surface area contributed by atoms with Gasteiger partial charge in [0.25, 0.3) is 0 Å². The molecule has 0 aliphatic heterocycles. The number of ether oxygens (including phenoxy) is 2. The van der Waals surface area contributed by atoms with Gasteiger partial charge in [-0.1, -0.05) is 55.1 Å². The summed E-state index contributed by atoms with van der Waals surface area (Å²) in [6, 6.07) is 19.4. The summed E-state index contributed by atoms with van der Waals surface area (Å²) in [6.07, 6.45) is 2.59. The summed E-state index contributed by atoms with van der Waals surface area (Å²) < 4.78 is 10.3. The van der Waals surface area contributed by atoms with Gasteiger partial charge < -0.3 is 19.2 Å². The van der Waals surface area contributed by atoms with Crippen LogP contribution in [0.15, 0.2) is 86.0 Å². The largest absolute Gasteiger partial charge is 0.513 e. The van der Waals surface area contributed by atoms with Gasteiger partial charge in [-0.3, -0.25) is 10.1 Å². The first kappa shape index (κ1) is 40.8. The Morgan fingerprint density at radius 3 is 2.14 bits per heavy atom. The van der Waals surface area contributed by atoms with Crippen molar-refractivity contribution in [2.24, 2.45) is 0 Å². The number of rotatable bonds is 27. The number of unbranched alkanes of at least 4 members (excludes halogenated alkanes) is 2. The van der Waals surface area contributed by atoms with Gasteiger partial charge in [0.15, 0.2) is 5.75 Å². The highest BCUT2D eigenvalue weighted by atomic mass is 17.2. The molecule has 1 N–H and O–H groups in total. The van der Waals surface area contributed by atoms with E-state index in [0.717, 1.165) is 16.7 Å². The predicted octanol–water partition coefficient (Wildman–Crippen LogP) is 7.36. The maximum Gasteiger partial charge on any atom is 0.513 e. The first-order valence-corrected chi connectivity index (χ1v) is 16.2. The average Bonchev–Trinajstić information content (AvgIpc) is 3.14. The number of benzene rings is 3. The fourth-order valence-corrected chi connectivity index (χ4v) is 4.30. The SMILES string of the molecule is C=CCOOCCCCOC(=O)Oc1ccc(COOc2ccc(C(OO)c3ccc(C(=C)COOCCCCOOC=O)cc3)cc2C)cc1. The monoisotopic (exact) mass is 712 g/mol. The van der Waals surface area contributed by atoms with Crippen LogP contribution in [0.4, 0.5) is 4.79 Å². The van der Waals surface area contributed by atoms with Gasteiger partial charge in [0.05, 0.1) is 26.4 Å². The smallest absolute Gasteiger partial charge is 0.434 e. The second kappa shape index (κ2) is 24.5. The lowest BCUT2D eigenvalue weighted by Gasteiger charge is -2.17. The molecule has 3 aromatic carbocycles. The lowest BCUT2D eigenvalue weighted by molar-refractivity contribution is -0.287. The molecule has 0 aromatic heterocycles. The first-order chi connectivity index (χ1) is 24.9. The lowest BCUT2D eigenvalue weighted by Crippen LogP contribution is -2.12. The van der Waals surface area contributed by atoms with Crippen LogP contribution in [0.5, 0.6) is 11.5 Å².